The van der Waals surface area contributed by atoms with Crippen molar-refractivity contribution in [3.8, 4) is 0 Å². The molecule has 1 unspecified atom stereocenters. The van der Waals surface area contributed by atoms with E-state index >= 15 is 0 Å². The molecule has 1 atom stereocenters. The van der Waals surface area contributed by atoms with Crippen LogP contribution in [-0.2, 0) is 4.74 Å². The van der Waals surface area contributed by atoms with Crippen LogP contribution < -0.4 is 5.32 Å². The molecule has 2 aromatic heterocycles. The summed E-state index contributed by atoms with van der Waals surface area (Å²) in [5.41, 5.74) is 1.75. The topological polar surface area (TPSA) is 64.9 Å². The predicted octanol–water partition coefficient (Wildman–Crippen LogP) is 4.17. The fourth-order valence-corrected chi connectivity index (χ4v) is 3.07. The molecule has 3 heterocycles. The zero-order valence-electron chi connectivity index (χ0n) is 12.7. The summed E-state index contributed by atoms with van der Waals surface area (Å²) in [6.07, 6.45) is 3.68. The van der Waals surface area contributed by atoms with E-state index in [0.29, 0.717) is 23.6 Å². The number of hydrogen-bond acceptors (Lipinski definition) is 5. The maximum atomic E-state index is 13.9. The zero-order chi connectivity index (χ0) is 16.5. The van der Waals surface area contributed by atoms with E-state index in [-0.39, 0.29) is 6.23 Å². The Morgan fingerprint density at radius 2 is 2.04 bits per heavy atom. The van der Waals surface area contributed by atoms with Gasteiger partial charge in [-0.05, 0) is 43.5 Å². The Morgan fingerprint density at radius 1 is 1.21 bits per heavy atom. The number of aromatic nitrogens is 4. The van der Waals surface area contributed by atoms with Crippen molar-refractivity contribution in [1.29, 1.82) is 0 Å². The molecule has 3 aromatic rings. The monoisotopic (exact) mass is 391 g/mol. The minimum absolute atomic E-state index is 0.154. The van der Waals surface area contributed by atoms with Gasteiger partial charge in [0, 0.05) is 16.8 Å². The van der Waals surface area contributed by atoms with E-state index in [9.17, 15) is 4.39 Å². The molecule has 0 bridgehead atoms. The van der Waals surface area contributed by atoms with Gasteiger partial charge in [-0.3, -0.25) is 4.57 Å². The first-order chi connectivity index (χ1) is 11.7. The Kier molecular flexibility index (Phi) is 4.15. The van der Waals surface area contributed by atoms with E-state index in [4.69, 9.17) is 4.74 Å². The first kappa shape index (κ1) is 15.5. The molecule has 1 aromatic carbocycles. The van der Waals surface area contributed by atoms with E-state index in [0.717, 1.165) is 29.4 Å². The number of nitrogens with one attached hydrogen (secondary N) is 1. The van der Waals surface area contributed by atoms with E-state index in [1.165, 1.54) is 0 Å². The van der Waals surface area contributed by atoms with Crippen molar-refractivity contribution in [1.82, 2.24) is 19.5 Å². The zero-order valence-corrected chi connectivity index (χ0v) is 14.3. The molecule has 0 amide bonds. The highest BCUT2D eigenvalue weighted by molar-refractivity contribution is 9.10. The highest BCUT2D eigenvalue weighted by atomic mass is 79.9. The van der Waals surface area contributed by atoms with Crippen molar-refractivity contribution in [2.75, 3.05) is 11.9 Å². The maximum Gasteiger partial charge on any atom is 0.312 e. The molecular formula is C16H15BrFN5O. The average Bonchev–Trinajstić information content (AvgIpc) is 3.01. The molecule has 0 spiro atoms. The lowest BCUT2D eigenvalue weighted by molar-refractivity contribution is -0.0298. The van der Waals surface area contributed by atoms with Crippen LogP contribution in [0.5, 0.6) is 0 Å². The molecular weight excluding hydrogens is 377 g/mol. The van der Waals surface area contributed by atoms with Crippen molar-refractivity contribution in [3.05, 3.63) is 41.1 Å². The lowest BCUT2D eigenvalue weighted by Crippen LogP contribution is -2.18. The molecule has 124 valence electrons. The van der Waals surface area contributed by atoms with Gasteiger partial charge in [-0.1, -0.05) is 15.9 Å². The second-order valence-electron chi connectivity index (χ2n) is 5.62. The lowest BCUT2D eigenvalue weighted by Gasteiger charge is -2.23. The van der Waals surface area contributed by atoms with Gasteiger partial charge < -0.3 is 10.1 Å². The van der Waals surface area contributed by atoms with E-state index < -0.39 is 6.08 Å². The van der Waals surface area contributed by atoms with Crippen LogP contribution in [0.2, 0.25) is 0 Å². The van der Waals surface area contributed by atoms with E-state index in [2.05, 4.69) is 36.2 Å². The summed E-state index contributed by atoms with van der Waals surface area (Å²) < 4.78 is 22.4. The number of fused-ring (bicyclic) bond motifs is 1. The highest BCUT2D eigenvalue weighted by Crippen LogP contribution is 2.29. The van der Waals surface area contributed by atoms with E-state index in [1.807, 2.05) is 24.3 Å². The Labute approximate surface area is 146 Å². The van der Waals surface area contributed by atoms with Gasteiger partial charge in [0.15, 0.2) is 17.0 Å². The standard InChI is InChI=1S/C16H15BrFN5O/c17-10-4-6-11(7-5-10)20-14-13-15(22-16(18)21-14)23(9-19-13)12-3-1-2-8-24-12/h4-7,9,12H,1-3,8H2,(H,20,21,22). The Hall–Kier alpha value is -2.06. The van der Waals surface area contributed by atoms with Crippen molar-refractivity contribution >= 4 is 38.6 Å². The minimum Gasteiger partial charge on any atom is -0.358 e. The van der Waals surface area contributed by atoms with Gasteiger partial charge in [0.05, 0.1) is 6.33 Å². The number of hydrogen-bond donors (Lipinski definition) is 1. The predicted molar refractivity (Wildman–Crippen MR) is 91.5 cm³/mol. The van der Waals surface area contributed by atoms with Crippen LogP contribution in [0.1, 0.15) is 25.5 Å². The second-order valence-corrected chi connectivity index (χ2v) is 6.53. The third-order valence-corrected chi connectivity index (χ3v) is 4.50. The summed E-state index contributed by atoms with van der Waals surface area (Å²) in [7, 11) is 0. The highest BCUT2D eigenvalue weighted by Gasteiger charge is 2.21. The molecule has 24 heavy (non-hydrogen) atoms. The van der Waals surface area contributed by atoms with Gasteiger partial charge in [-0.25, -0.2) is 4.98 Å². The van der Waals surface area contributed by atoms with Gasteiger partial charge in [0.2, 0.25) is 0 Å². The number of anilines is 2. The maximum absolute atomic E-state index is 13.9. The summed E-state index contributed by atoms with van der Waals surface area (Å²) in [4.78, 5) is 12.2. The summed E-state index contributed by atoms with van der Waals surface area (Å²) in [6, 6.07) is 7.53. The Morgan fingerprint density at radius 3 is 2.79 bits per heavy atom. The fourth-order valence-electron chi connectivity index (χ4n) is 2.80. The molecule has 1 N–H and O–H groups in total. The Bertz CT molecular complexity index is 861. The third kappa shape index (κ3) is 2.99. The summed E-state index contributed by atoms with van der Waals surface area (Å²) >= 11 is 3.39. The number of halogens is 2. The molecule has 1 saturated heterocycles. The lowest BCUT2D eigenvalue weighted by atomic mass is 10.2. The van der Waals surface area contributed by atoms with Crippen LogP contribution in [0.3, 0.4) is 0 Å². The van der Waals surface area contributed by atoms with Crippen LogP contribution in [-0.4, -0.2) is 26.1 Å². The fraction of sp³-hybridized carbons (Fsp3) is 0.312. The van der Waals surface area contributed by atoms with Gasteiger partial charge in [0.1, 0.15) is 6.23 Å². The number of ether oxygens (including phenoxy) is 1. The van der Waals surface area contributed by atoms with Crippen molar-refractivity contribution < 1.29 is 9.13 Å². The molecule has 4 rings (SSSR count). The van der Waals surface area contributed by atoms with Crippen LogP contribution >= 0.6 is 15.9 Å². The van der Waals surface area contributed by atoms with Gasteiger partial charge in [-0.2, -0.15) is 14.4 Å². The molecule has 0 saturated carbocycles. The van der Waals surface area contributed by atoms with Crippen LogP contribution in [0.15, 0.2) is 35.1 Å². The summed E-state index contributed by atoms with van der Waals surface area (Å²) in [5.74, 6) is 0.342. The molecule has 6 nitrogen and oxygen atoms in total. The minimum atomic E-state index is -0.792. The number of imidazole rings is 1. The largest absolute Gasteiger partial charge is 0.358 e. The summed E-state index contributed by atoms with van der Waals surface area (Å²) in [5, 5.41) is 3.10. The molecule has 1 aliphatic heterocycles. The number of rotatable bonds is 3. The molecule has 8 heteroatoms. The van der Waals surface area contributed by atoms with Gasteiger partial charge in [-0.15, -0.1) is 0 Å². The van der Waals surface area contributed by atoms with E-state index in [1.54, 1.807) is 10.9 Å². The van der Waals surface area contributed by atoms with Crippen molar-refractivity contribution in [2.24, 2.45) is 0 Å². The number of nitrogens with zero attached hydrogens (tertiary/aromatic N) is 4. The summed E-state index contributed by atoms with van der Waals surface area (Å²) in [6.45, 7) is 0.696. The second kappa shape index (κ2) is 6.45. The quantitative estimate of drug-likeness (QED) is 0.678. The first-order valence-electron chi connectivity index (χ1n) is 7.75. The number of benzene rings is 1. The first-order valence-corrected chi connectivity index (χ1v) is 8.54. The molecule has 0 radical (unpaired) electrons. The molecule has 0 aliphatic carbocycles. The third-order valence-electron chi connectivity index (χ3n) is 3.97. The van der Waals surface area contributed by atoms with Crippen molar-refractivity contribution in [3.63, 3.8) is 0 Å². The van der Waals surface area contributed by atoms with Crippen molar-refractivity contribution in [2.45, 2.75) is 25.5 Å². The van der Waals surface area contributed by atoms with Gasteiger partial charge in [0.25, 0.3) is 0 Å². The smallest absolute Gasteiger partial charge is 0.312 e. The van der Waals surface area contributed by atoms with Crippen LogP contribution in [0.25, 0.3) is 11.2 Å². The van der Waals surface area contributed by atoms with Crippen LogP contribution in [0, 0.1) is 6.08 Å². The average molecular weight is 392 g/mol. The Balaban J connectivity index is 1.73. The SMILES string of the molecule is Fc1nc(Nc2ccc(Br)cc2)c2ncn(C3CCCCO3)c2n1. The molecule has 1 aliphatic rings. The van der Waals surface area contributed by atoms with Crippen LogP contribution in [0.4, 0.5) is 15.9 Å². The molecule has 1 fully saturated rings. The normalized spacial score (nSPS) is 18.0. The van der Waals surface area contributed by atoms with Gasteiger partial charge >= 0.3 is 6.08 Å².